The fraction of sp³-hybridized carbons (Fsp3) is 0.756. The van der Waals surface area contributed by atoms with E-state index in [0.29, 0.717) is 77.6 Å². The van der Waals surface area contributed by atoms with Gasteiger partial charge in [0.25, 0.3) is 0 Å². The summed E-state index contributed by atoms with van der Waals surface area (Å²) in [4.78, 5) is 68.6. The van der Waals surface area contributed by atoms with E-state index in [2.05, 4.69) is 13.2 Å². The Balaban J connectivity index is 0. The standard InChI is InChI=1S/C27H46O10.C14H24O5/c1-5-22(28)34-18-11-7-9-15-23(29)35-19-12-8-10-16-24(30)37-25(31)21-33-17-13-14-20-36-26(32)27(3,4)6-2;1-6-12(15)19-10-11(3)17-8-9-18-13(16)14(4,5)7-2/h5,25,31H,1,6-21H2,2-4H3;6,11H,1,7-10H2,2-5H3. The van der Waals surface area contributed by atoms with Crippen LogP contribution in [0.3, 0.4) is 0 Å². The highest BCUT2D eigenvalue weighted by atomic mass is 16.7. The van der Waals surface area contributed by atoms with E-state index >= 15 is 0 Å². The molecule has 0 spiro atoms. The summed E-state index contributed by atoms with van der Waals surface area (Å²) in [5.74, 6) is -2.16. The molecular formula is C41H70O15. The minimum absolute atomic E-state index is 0.121. The number of aliphatic hydroxyl groups excluding tert-OH is 1. The fourth-order valence-corrected chi connectivity index (χ4v) is 3.86. The van der Waals surface area contributed by atoms with Gasteiger partial charge in [0.2, 0.25) is 6.29 Å². The van der Waals surface area contributed by atoms with Crippen molar-refractivity contribution in [1.29, 1.82) is 0 Å². The van der Waals surface area contributed by atoms with E-state index in [1.54, 1.807) is 6.92 Å². The van der Waals surface area contributed by atoms with Crippen LogP contribution < -0.4 is 0 Å². The largest absolute Gasteiger partial charge is 0.466 e. The zero-order valence-corrected chi connectivity index (χ0v) is 35.0. The van der Waals surface area contributed by atoms with E-state index in [1.807, 2.05) is 41.5 Å². The first-order valence-electron chi connectivity index (χ1n) is 19.6. The minimum atomic E-state index is -1.33. The van der Waals surface area contributed by atoms with Gasteiger partial charge in [-0.05, 0) is 98.8 Å². The van der Waals surface area contributed by atoms with Crippen LogP contribution in [0.15, 0.2) is 25.3 Å². The van der Waals surface area contributed by atoms with Crippen LogP contribution in [0.2, 0.25) is 0 Å². The molecule has 56 heavy (non-hydrogen) atoms. The van der Waals surface area contributed by atoms with Gasteiger partial charge in [-0.3, -0.25) is 19.2 Å². The lowest BCUT2D eigenvalue weighted by Crippen LogP contribution is -2.28. The molecule has 1 N–H and O–H groups in total. The van der Waals surface area contributed by atoms with Crippen molar-refractivity contribution < 1.29 is 71.8 Å². The molecule has 15 nitrogen and oxygen atoms in total. The van der Waals surface area contributed by atoms with Crippen LogP contribution in [0.25, 0.3) is 0 Å². The summed E-state index contributed by atoms with van der Waals surface area (Å²) in [6.45, 7) is 21.4. The van der Waals surface area contributed by atoms with Crippen LogP contribution in [0.5, 0.6) is 0 Å². The number of unbranched alkanes of at least 4 members (excludes halogenated alkanes) is 5. The number of aliphatic hydroxyl groups is 1. The van der Waals surface area contributed by atoms with Gasteiger partial charge in [-0.2, -0.15) is 0 Å². The number of carbonyl (C=O) groups excluding carboxylic acids is 6. The van der Waals surface area contributed by atoms with Crippen LogP contribution in [-0.4, -0.2) is 106 Å². The van der Waals surface area contributed by atoms with Gasteiger partial charge < -0.3 is 43.0 Å². The minimum Gasteiger partial charge on any atom is -0.466 e. The Labute approximate surface area is 334 Å². The van der Waals surface area contributed by atoms with Crippen molar-refractivity contribution in [3.05, 3.63) is 25.3 Å². The molecule has 0 aliphatic carbocycles. The van der Waals surface area contributed by atoms with Crippen molar-refractivity contribution in [3.63, 3.8) is 0 Å². The van der Waals surface area contributed by atoms with Crippen LogP contribution in [-0.2, 0) is 66.7 Å². The number of hydrogen-bond donors (Lipinski definition) is 1. The van der Waals surface area contributed by atoms with Crippen molar-refractivity contribution in [3.8, 4) is 0 Å². The molecule has 0 aliphatic rings. The highest BCUT2D eigenvalue weighted by Crippen LogP contribution is 2.22. The maximum Gasteiger partial charge on any atom is 0.330 e. The number of carbonyl (C=O) groups is 6. The summed E-state index contributed by atoms with van der Waals surface area (Å²) in [7, 11) is 0. The first kappa shape index (κ1) is 54.3. The molecular weight excluding hydrogens is 732 g/mol. The van der Waals surface area contributed by atoms with Gasteiger partial charge in [0.1, 0.15) is 19.8 Å². The second-order valence-electron chi connectivity index (χ2n) is 14.2. The molecule has 0 aromatic heterocycles. The van der Waals surface area contributed by atoms with Gasteiger partial charge in [0, 0.05) is 31.6 Å². The molecule has 324 valence electrons. The molecule has 0 aliphatic heterocycles. The van der Waals surface area contributed by atoms with Crippen LogP contribution >= 0.6 is 0 Å². The molecule has 0 aromatic carbocycles. The Hall–Kier alpha value is -3.82. The maximum atomic E-state index is 11.8. The fourth-order valence-electron chi connectivity index (χ4n) is 3.86. The monoisotopic (exact) mass is 802 g/mol. The molecule has 0 fully saturated rings. The summed E-state index contributed by atoms with van der Waals surface area (Å²) in [6.07, 6.45) is 7.80. The third kappa shape index (κ3) is 31.4. The summed E-state index contributed by atoms with van der Waals surface area (Å²) in [5.41, 5.74) is -0.949. The van der Waals surface area contributed by atoms with E-state index in [1.165, 1.54) is 0 Å². The molecule has 0 bridgehead atoms. The van der Waals surface area contributed by atoms with Crippen molar-refractivity contribution in [2.75, 3.05) is 52.9 Å². The molecule has 0 radical (unpaired) electrons. The molecule has 15 heteroatoms. The van der Waals surface area contributed by atoms with Crippen LogP contribution in [0.4, 0.5) is 0 Å². The van der Waals surface area contributed by atoms with E-state index in [9.17, 15) is 33.9 Å². The Bertz CT molecular complexity index is 1150. The second-order valence-corrected chi connectivity index (χ2v) is 14.2. The molecule has 0 amide bonds. The number of rotatable bonds is 32. The van der Waals surface area contributed by atoms with Crippen molar-refractivity contribution in [1.82, 2.24) is 0 Å². The van der Waals surface area contributed by atoms with E-state index in [-0.39, 0.29) is 63.5 Å². The van der Waals surface area contributed by atoms with Crippen molar-refractivity contribution in [2.45, 2.75) is 138 Å². The number of esters is 6. The highest BCUT2D eigenvalue weighted by Gasteiger charge is 2.27. The molecule has 2 unspecified atom stereocenters. The summed E-state index contributed by atoms with van der Waals surface area (Å²) < 4.78 is 40.7. The average Bonchev–Trinajstić information content (AvgIpc) is 3.17. The van der Waals surface area contributed by atoms with Crippen molar-refractivity contribution >= 4 is 35.8 Å². The van der Waals surface area contributed by atoms with Crippen molar-refractivity contribution in [2.24, 2.45) is 10.8 Å². The second kappa shape index (κ2) is 33.3. The Morgan fingerprint density at radius 2 is 1.04 bits per heavy atom. The van der Waals surface area contributed by atoms with Gasteiger partial charge in [0.05, 0.1) is 43.4 Å². The highest BCUT2D eigenvalue weighted by molar-refractivity contribution is 5.81. The zero-order valence-electron chi connectivity index (χ0n) is 35.0. The maximum absolute atomic E-state index is 11.8. The first-order chi connectivity index (χ1) is 26.4. The Morgan fingerprint density at radius 3 is 1.59 bits per heavy atom. The van der Waals surface area contributed by atoms with Gasteiger partial charge >= 0.3 is 35.8 Å². The quantitative estimate of drug-likeness (QED) is 0.0268. The third-order valence-corrected chi connectivity index (χ3v) is 8.39. The lowest BCUT2D eigenvalue weighted by Gasteiger charge is -2.20. The van der Waals surface area contributed by atoms with Gasteiger partial charge in [-0.1, -0.05) is 27.0 Å². The number of hydrogen-bond acceptors (Lipinski definition) is 15. The van der Waals surface area contributed by atoms with Gasteiger partial charge in [-0.15, -0.1) is 0 Å². The first-order valence-corrected chi connectivity index (χ1v) is 19.6. The third-order valence-electron chi connectivity index (χ3n) is 8.39. The van der Waals surface area contributed by atoms with Crippen LogP contribution in [0, 0.1) is 10.8 Å². The molecule has 0 saturated heterocycles. The van der Waals surface area contributed by atoms with Gasteiger partial charge in [0.15, 0.2) is 0 Å². The normalized spacial score (nSPS) is 12.1. The predicted molar refractivity (Wildman–Crippen MR) is 208 cm³/mol. The molecule has 0 aromatic rings. The molecule has 0 saturated carbocycles. The molecule has 2 atom stereocenters. The lowest BCUT2D eigenvalue weighted by atomic mass is 9.91. The van der Waals surface area contributed by atoms with E-state index < -0.39 is 35.0 Å². The lowest BCUT2D eigenvalue weighted by molar-refractivity contribution is -0.177. The number of ether oxygens (including phenoxy) is 8. The van der Waals surface area contributed by atoms with E-state index in [4.69, 9.17) is 37.9 Å². The summed E-state index contributed by atoms with van der Waals surface area (Å²) in [6, 6.07) is 0. The predicted octanol–water partition coefficient (Wildman–Crippen LogP) is 6.12. The van der Waals surface area contributed by atoms with Gasteiger partial charge in [-0.25, -0.2) is 9.59 Å². The SMILES string of the molecule is C=CC(=O)OCC(C)OCCOC(=O)C(C)(C)CC.C=CC(=O)OCCCCCC(=O)OCCCCCC(=O)OC(O)COCCCCOC(=O)C(C)(C)CC. The summed E-state index contributed by atoms with van der Waals surface area (Å²) >= 11 is 0. The Kier molecular flexibility index (Phi) is 32.3. The van der Waals surface area contributed by atoms with Crippen LogP contribution in [0.1, 0.15) is 126 Å². The smallest absolute Gasteiger partial charge is 0.330 e. The summed E-state index contributed by atoms with van der Waals surface area (Å²) in [5, 5.41) is 9.75. The van der Waals surface area contributed by atoms with E-state index in [0.717, 1.165) is 25.0 Å². The Morgan fingerprint density at radius 1 is 0.571 bits per heavy atom. The molecule has 0 rings (SSSR count). The topological polar surface area (TPSA) is 196 Å². The zero-order chi connectivity index (χ0) is 42.8. The average molecular weight is 803 g/mol. The molecule has 0 heterocycles.